The molecular formula is C13H24N2O2S. The van der Waals surface area contributed by atoms with E-state index in [4.69, 9.17) is 10.5 Å². The summed E-state index contributed by atoms with van der Waals surface area (Å²) in [4.78, 5) is 3.36. The third-order valence-electron chi connectivity index (χ3n) is 3.04. The number of hydrogen-bond donors (Lipinski definition) is 2. The van der Waals surface area contributed by atoms with Crippen molar-refractivity contribution in [3.63, 3.8) is 0 Å². The third-order valence-corrected chi connectivity index (χ3v) is 3.99. The van der Waals surface area contributed by atoms with Crippen molar-refractivity contribution < 1.29 is 9.84 Å². The van der Waals surface area contributed by atoms with Crippen molar-refractivity contribution in [1.29, 1.82) is 0 Å². The van der Waals surface area contributed by atoms with E-state index in [-0.39, 0.29) is 12.1 Å². The highest BCUT2D eigenvalue weighted by molar-refractivity contribution is 7.10. The molecule has 3 N–H and O–H groups in total. The second-order valence-corrected chi connectivity index (χ2v) is 5.56. The maximum atomic E-state index is 9.82. The average Bonchev–Trinajstić information content (AvgIpc) is 2.82. The zero-order valence-electron chi connectivity index (χ0n) is 11.4. The smallest absolute Gasteiger partial charge is 0.0900 e. The van der Waals surface area contributed by atoms with Gasteiger partial charge in [-0.2, -0.15) is 0 Å². The molecule has 0 aliphatic carbocycles. The van der Waals surface area contributed by atoms with Crippen molar-refractivity contribution in [2.45, 2.75) is 31.5 Å². The first-order valence-electron chi connectivity index (χ1n) is 6.26. The Balaban J connectivity index is 2.71. The number of rotatable bonds is 8. The summed E-state index contributed by atoms with van der Waals surface area (Å²) in [7, 11) is 3.59. The summed E-state index contributed by atoms with van der Waals surface area (Å²) in [6.07, 6.45) is 0.430. The molecule has 0 aliphatic heterocycles. The average molecular weight is 272 g/mol. The van der Waals surface area contributed by atoms with E-state index >= 15 is 0 Å². The molecule has 1 aromatic rings. The van der Waals surface area contributed by atoms with Crippen LogP contribution in [-0.4, -0.2) is 49.5 Å². The summed E-state index contributed by atoms with van der Waals surface area (Å²) >= 11 is 1.71. The van der Waals surface area contributed by atoms with Crippen LogP contribution in [0, 0.1) is 0 Å². The number of likely N-dealkylation sites (N-methyl/N-ethyl adjacent to an activating group) is 1. The van der Waals surface area contributed by atoms with Crippen LogP contribution in [0.1, 0.15) is 24.3 Å². The van der Waals surface area contributed by atoms with Gasteiger partial charge in [-0.05, 0) is 24.9 Å². The fourth-order valence-corrected chi connectivity index (χ4v) is 3.09. The summed E-state index contributed by atoms with van der Waals surface area (Å²) in [6.45, 7) is 3.00. The molecule has 18 heavy (non-hydrogen) atoms. The molecule has 4 nitrogen and oxygen atoms in total. The Morgan fingerprint density at radius 1 is 1.56 bits per heavy atom. The van der Waals surface area contributed by atoms with Crippen molar-refractivity contribution in [2.75, 3.05) is 27.3 Å². The monoisotopic (exact) mass is 272 g/mol. The lowest BCUT2D eigenvalue weighted by Gasteiger charge is -2.32. The van der Waals surface area contributed by atoms with Crippen molar-refractivity contribution >= 4 is 11.3 Å². The predicted molar refractivity (Wildman–Crippen MR) is 75.8 cm³/mol. The molecule has 0 saturated carbocycles. The van der Waals surface area contributed by atoms with Crippen molar-refractivity contribution in [3.05, 3.63) is 22.4 Å². The van der Waals surface area contributed by atoms with Gasteiger partial charge in [0.25, 0.3) is 0 Å². The molecule has 0 radical (unpaired) electrons. The maximum absolute atomic E-state index is 9.82. The first-order valence-corrected chi connectivity index (χ1v) is 7.14. The highest BCUT2D eigenvalue weighted by Gasteiger charge is 2.25. The topological polar surface area (TPSA) is 58.7 Å². The number of nitrogens with two attached hydrogens (primary N) is 1. The van der Waals surface area contributed by atoms with Crippen LogP contribution >= 0.6 is 11.3 Å². The molecule has 0 fully saturated rings. The van der Waals surface area contributed by atoms with Crippen molar-refractivity contribution in [1.82, 2.24) is 4.90 Å². The first-order chi connectivity index (χ1) is 8.60. The van der Waals surface area contributed by atoms with Crippen LogP contribution in [0.3, 0.4) is 0 Å². The predicted octanol–water partition coefficient (Wildman–Crippen LogP) is 1.47. The van der Waals surface area contributed by atoms with Crippen LogP contribution in [0.2, 0.25) is 0 Å². The zero-order chi connectivity index (χ0) is 13.5. The summed E-state index contributed by atoms with van der Waals surface area (Å²) < 4.78 is 4.96. The number of aliphatic hydroxyl groups excluding tert-OH is 1. The molecule has 0 bridgehead atoms. The minimum absolute atomic E-state index is 0.0726. The standard InChI is InChI=1S/C13H24N2O2S/c1-4-11(14)13(12-6-5-7-18-12)15(2)8-10(16)9-17-3/h5-7,10-11,13,16H,4,8-9,14H2,1-3H3. The molecule has 0 aromatic carbocycles. The lowest BCUT2D eigenvalue weighted by atomic mass is 10.0. The van der Waals surface area contributed by atoms with Gasteiger partial charge in [0.15, 0.2) is 0 Å². The van der Waals surface area contributed by atoms with E-state index in [2.05, 4.69) is 23.3 Å². The van der Waals surface area contributed by atoms with Crippen LogP contribution < -0.4 is 5.73 Å². The van der Waals surface area contributed by atoms with Gasteiger partial charge in [-0.3, -0.25) is 4.90 Å². The van der Waals surface area contributed by atoms with E-state index in [1.165, 1.54) is 4.88 Å². The maximum Gasteiger partial charge on any atom is 0.0900 e. The van der Waals surface area contributed by atoms with Gasteiger partial charge in [-0.1, -0.05) is 13.0 Å². The Bertz CT molecular complexity index is 319. The van der Waals surface area contributed by atoms with Gasteiger partial charge >= 0.3 is 0 Å². The number of methoxy groups -OCH3 is 1. The Morgan fingerprint density at radius 2 is 2.28 bits per heavy atom. The molecule has 0 amide bonds. The van der Waals surface area contributed by atoms with Gasteiger partial charge in [-0.15, -0.1) is 11.3 Å². The zero-order valence-corrected chi connectivity index (χ0v) is 12.2. The van der Waals surface area contributed by atoms with E-state index < -0.39 is 6.10 Å². The van der Waals surface area contributed by atoms with Gasteiger partial charge in [0.05, 0.1) is 18.8 Å². The summed E-state index contributed by atoms with van der Waals surface area (Å²) in [5, 5.41) is 11.9. The number of hydrogen-bond acceptors (Lipinski definition) is 5. The summed E-state index contributed by atoms with van der Waals surface area (Å²) in [6, 6.07) is 4.36. The lowest BCUT2D eigenvalue weighted by Crippen LogP contribution is -2.42. The van der Waals surface area contributed by atoms with Crippen LogP contribution in [0.5, 0.6) is 0 Å². The highest BCUT2D eigenvalue weighted by Crippen LogP contribution is 2.27. The Morgan fingerprint density at radius 3 is 2.78 bits per heavy atom. The molecule has 3 atom stereocenters. The number of ether oxygens (including phenoxy) is 1. The van der Waals surface area contributed by atoms with E-state index in [0.717, 1.165) is 6.42 Å². The van der Waals surface area contributed by atoms with E-state index in [1.807, 2.05) is 13.1 Å². The Labute approximate surface area is 113 Å². The quantitative estimate of drug-likeness (QED) is 0.752. The molecule has 1 aromatic heterocycles. The number of nitrogens with zero attached hydrogens (tertiary/aromatic N) is 1. The fourth-order valence-electron chi connectivity index (χ4n) is 2.13. The SMILES string of the molecule is CCC(N)C(c1cccs1)N(C)CC(O)COC. The molecular weight excluding hydrogens is 248 g/mol. The second kappa shape index (κ2) is 7.86. The minimum Gasteiger partial charge on any atom is -0.389 e. The van der Waals surface area contributed by atoms with Crippen molar-refractivity contribution in [2.24, 2.45) is 5.73 Å². The number of thiophene rings is 1. The lowest BCUT2D eigenvalue weighted by molar-refractivity contribution is 0.0313. The molecule has 0 aliphatic rings. The molecule has 1 heterocycles. The molecule has 0 spiro atoms. The molecule has 0 saturated heterocycles. The van der Waals surface area contributed by atoms with Crippen LogP contribution in [0.15, 0.2) is 17.5 Å². The van der Waals surface area contributed by atoms with Gasteiger partial charge in [0.1, 0.15) is 0 Å². The van der Waals surface area contributed by atoms with Crippen LogP contribution in [0.25, 0.3) is 0 Å². The highest BCUT2D eigenvalue weighted by atomic mass is 32.1. The number of aliphatic hydroxyl groups is 1. The van der Waals surface area contributed by atoms with E-state index in [1.54, 1.807) is 18.4 Å². The molecule has 5 heteroatoms. The van der Waals surface area contributed by atoms with E-state index in [0.29, 0.717) is 13.2 Å². The Hall–Kier alpha value is -0.460. The molecule has 3 unspecified atom stereocenters. The van der Waals surface area contributed by atoms with Gasteiger partial charge < -0.3 is 15.6 Å². The van der Waals surface area contributed by atoms with Crippen molar-refractivity contribution in [3.8, 4) is 0 Å². The second-order valence-electron chi connectivity index (χ2n) is 4.58. The van der Waals surface area contributed by atoms with Gasteiger partial charge in [0, 0.05) is 24.6 Å². The molecule has 104 valence electrons. The first kappa shape index (κ1) is 15.6. The van der Waals surface area contributed by atoms with Gasteiger partial charge in [-0.25, -0.2) is 0 Å². The largest absolute Gasteiger partial charge is 0.389 e. The van der Waals surface area contributed by atoms with Crippen LogP contribution in [-0.2, 0) is 4.74 Å². The molecule has 1 rings (SSSR count). The fraction of sp³-hybridized carbons (Fsp3) is 0.692. The van der Waals surface area contributed by atoms with E-state index in [9.17, 15) is 5.11 Å². The van der Waals surface area contributed by atoms with Crippen LogP contribution in [0.4, 0.5) is 0 Å². The summed E-state index contributed by atoms with van der Waals surface area (Å²) in [5.74, 6) is 0. The summed E-state index contributed by atoms with van der Waals surface area (Å²) in [5.41, 5.74) is 6.21. The van der Waals surface area contributed by atoms with Gasteiger partial charge in [0.2, 0.25) is 0 Å². The Kier molecular flexibility index (Phi) is 6.81. The minimum atomic E-state index is -0.480. The third kappa shape index (κ3) is 4.33. The normalized spacial score (nSPS) is 16.8.